The summed E-state index contributed by atoms with van der Waals surface area (Å²) >= 11 is 1.01. The highest BCUT2D eigenvalue weighted by molar-refractivity contribution is 8.13. The zero-order valence-electron chi connectivity index (χ0n) is 10.7. The van der Waals surface area contributed by atoms with Crippen molar-refractivity contribution in [3.05, 3.63) is 0 Å². The number of carbonyl (C=O) groups is 4. The molecule has 0 unspecified atom stereocenters. The quantitative estimate of drug-likeness (QED) is 0.742. The van der Waals surface area contributed by atoms with Gasteiger partial charge in [-0.05, 0) is 6.92 Å². The molecule has 0 aromatic heterocycles. The summed E-state index contributed by atoms with van der Waals surface area (Å²) in [6.07, 6.45) is -0.836. The molecule has 0 aromatic carbocycles. The molecule has 2 N–H and O–H groups in total. The lowest BCUT2D eigenvalue weighted by Crippen LogP contribution is -2.61. The van der Waals surface area contributed by atoms with Gasteiger partial charge in [-0.25, -0.2) is 4.79 Å². The van der Waals surface area contributed by atoms with Crippen LogP contribution in [0.4, 0.5) is 0 Å². The van der Waals surface area contributed by atoms with Crippen LogP contribution in [-0.2, 0) is 19.2 Å². The van der Waals surface area contributed by atoms with Crippen molar-refractivity contribution in [2.24, 2.45) is 0 Å². The highest BCUT2D eigenvalue weighted by Gasteiger charge is 2.39. The van der Waals surface area contributed by atoms with Gasteiger partial charge in [0.25, 0.3) is 0 Å². The molecule has 1 aliphatic heterocycles. The molecule has 8 heteroatoms. The van der Waals surface area contributed by atoms with Gasteiger partial charge in [0.15, 0.2) is 5.12 Å². The molecule has 0 spiro atoms. The van der Waals surface area contributed by atoms with Gasteiger partial charge in [-0.2, -0.15) is 0 Å². The first kappa shape index (κ1) is 15.5. The lowest BCUT2D eigenvalue weighted by Gasteiger charge is -2.38. The molecular weight excluding hydrogens is 272 g/mol. The fourth-order valence-corrected chi connectivity index (χ4v) is 2.48. The van der Waals surface area contributed by atoms with Crippen LogP contribution in [0.25, 0.3) is 0 Å². The van der Waals surface area contributed by atoms with E-state index in [1.807, 2.05) is 0 Å². The third kappa shape index (κ3) is 4.23. The van der Waals surface area contributed by atoms with E-state index in [9.17, 15) is 19.2 Å². The van der Waals surface area contributed by atoms with Gasteiger partial charge >= 0.3 is 5.97 Å². The Bertz CT molecular complexity index is 412. The van der Waals surface area contributed by atoms with Crippen molar-refractivity contribution >= 4 is 34.7 Å². The Morgan fingerprint density at radius 2 is 2.11 bits per heavy atom. The van der Waals surface area contributed by atoms with Crippen LogP contribution in [0.5, 0.6) is 0 Å². The number of carbonyl (C=O) groups excluding carboxylic acids is 3. The fourth-order valence-electron chi connectivity index (χ4n) is 1.91. The van der Waals surface area contributed by atoms with Crippen LogP contribution in [0.2, 0.25) is 0 Å². The Hall–Kier alpha value is -1.57. The molecule has 0 bridgehead atoms. The molecule has 0 radical (unpaired) electrons. The van der Waals surface area contributed by atoms with Crippen LogP contribution in [0.15, 0.2) is 0 Å². The summed E-state index contributed by atoms with van der Waals surface area (Å²) in [7, 11) is 0. The molecular formula is C11H16N2O5S. The third-order valence-electron chi connectivity index (χ3n) is 2.70. The molecule has 2 atom stereocenters. The lowest BCUT2D eigenvalue weighted by molar-refractivity contribution is -0.158. The number of nitrogens with zero attached hydrogens (tertiary/aromatic N) is 1. The number of hydrogen-bond donors (Lipinski definition) is 2. The summed E-state index contributed by atoms with van der Waals surface area (Å²) in [5, 5.41) is 11.5. The van der Waals surface area contributed by atoms with Crippen LogP contribution in [-0.4, -0.2) is 50.9 Å². The fraction of sp³-hybridized carbons (Fsp3) is 0.636. The average Bonchev–Trinajstić information content (AvgIpc) is 2.26. The number of rotatable bonds is 4. The van der Waals surface area contributed by atoms with Crippen molar-refractivity contribution in [1.82, 2.24) is 10.2 Å². The number of carboxylic acid groups (broad SMARTS) is 1. The minimum atomic E-state index is -1.20. The number of nitrogens with one attached hydrogen (secondary N) is 1. The first-order valence-electron chi connectivity index (χ1n) is 5.79. The van der Waals surface area contributed by atoms with Crippen LogP contribution >= 0.6 is 11.8 Å². The van der Waals surface area contributed by atoms with Gasteiger partial charge in [-0.15, -0.1) is 0 Å². The largest absolute Gasteiger partial charge is 0.480 e. The standard InChI is InChI=1S/C11H16N2O5S/c1-6-12-9(15)5-8(11(17)18)13(6)10(16)3-4-19-7(2)14/h6,8H,3-5H2,1-2H3,(H,12,15)(H,17,18)/t6-,8-/m0/s1. The minimum absolute atomic E-state index is 0.0637. The Morgan fingerprint density at radius 3 is 2.63 bits per heavy atom. The van der Waals surface area contributed by atoms with E-state index >= 15 is 0 Å². The molecule has 106 valence electrons. The van der Waals surface area contributed by atoms with Gasteiger partial charge in [0.2, 0.25) is 11.8 Å². The van der Waals surface area contributed by atoms with Gasteiger partial charge in [0, 0.05) is 19.1 Å². The van der Waals surface area contributed by atoms with Crippen LogP contribution < -0.4 is 5.32 Å². The highest BCUT2D eigenvalue weighted by atomic mass is 32.2. The van der Waals surface area contributed by atoms with E-state index in [-0.39, 0.29) is 29.8 Å². The lowest BCUT2D eigenvalue weighted by atomic mass is 10.1. The molecule has 1 aliphatic rings. The van der Waals surface area contributed by atoms with Crippen molar-refractivity contribution in [2.45, 2.75) is 38.9 Å². The van der Waals surface area contributed by atoms with Crippen molar-refractivity contribution in [1.29, 1.82) is 0 Å². The Kier molecular flexibility index (Phi) is 5.34. The number of aliphatic carboxylic acids is 1. The summed E-state index contributed by atoms with van der Waals surface area (Å²) in [5.41, 5.74) is 0. The van der Waals surface area contributed by atoms with Crippen LogP contribution in [0, 0.1) is 0 Å². The molecule has 0 aliphatic carbocycles. The summed E-state index contributed by atoms with van der Waals surface area (Å²) in [5.74, 6) is -1.66. The first-order chi connectivity index (χ1) is 8.82. The van der Waals surface area contributed by atoms with Crippen LogP contribution in [0.1, 0.15) is 26.7 Å². The first-order valence-corrected chi connectivity index (χ1v) is 6.78. The highest BCUT2D eigenvalue weighted by Crippen LogP contribution is 2.17. The maximum Gasteiger partial charge on any atom is 0.327 e. The number of hydrogen-bond acceptors (Lipinski definition) is 5. The van der Waals surface area contributed by atoms with E-state index in [0.717, 1.165) is 16.7 Å². The SMILES string of the molecule is CC(=O)SCCC(=O)N1[C@@H](C)NC(=O)C[C@H]1C(=O)O. The van der Waals surface area contributed by atoms with Gasteiger partial charge in [-0.3, -0.25) is 14.4 Å². The Morgan fingerprint density at radius 1 is 1.47 bits per heavy atom. The van der Waals surface area contributed by atoms with Crippen LogP contribution in [0.3, 0.4) is 0 Å². The summed E-state index contributed by atoms with van der Waals surface area (Å²) in [6.45, 7) is 2.96. The topological polar surface area (TPSA) is 104 Å². The predicted molar refractivity (Wildman–Crippen MR) is 68.2 cm³/mol. The summed E-state index contributed by atoms with van der Waals surface area (Å²) in [6, 6.07) is -1.14. The molecule has 7 nitrogen and oxygen atoms in total. The second kappa shape index (κ2) is 6.55. The second-order valence-corrected chi connectivity index (χ2v) is 5.46. The van der Waals surface area contributed by atoms with E-state index < -0.39 is 18.2 Å². The minimum Gasteiger partial charge on any atom is -0.480 e. The Labute approximate surface area is 114 Å². The molecule has 1 heterocycles. The smallest absolute Gasteiger partial charge is 0.327 e. The normalized spacial score (nSPS) is 22.8. The van der Waals surface area contributed by atoms with E-state index in [1.165, 1.54) is 6.92 Å². The molecule has 0 aromatic rings. The molecule has 19 heavy (non-hydrogen) atoms. The van der Waals surface area contributed by atoms with Crippen molar-refractivity contribution < 1.29 is 24.3 Å². The monoisotopic (exact) mass is 288 g/mol. The Balaban J connectivity index is 2.70. The van der Waals surface area contributed by atoms with Gasteiger partial charge in [-0.1, -0.05) is 11.8 Å². The number of thioether (sulfide) groups is 1. The van der Waals surface area contributed by atoms with Crippen molar-refractivity contribution in [3.63, 3.8) is 0 Å². The summed E-state index contributed by atoms with van der Waals surface area (Å²) in [4.78, 5) is 46.3. The zero-order valence-corrected chi connectivity index (χ0v) is 11.5. The molecule has 0 saturated carbocycles. The average molecular weight is 288 g/mol. The molecule has 1 fully saturated rings. The second-order valence-electron chi connectivity index (χ2n) is 4.19. The van der Waals surface area contributed by atoms with Crippen molar-refractivity contribution in [3.8, 4) is 0 Å². The maximum absolute atomic E-state index is 12.0. The summed E-state index contributed by atoms with van der Waals surface area (Å²) < 4.78 is 0. The van der Waals surface area contributed by atoms with Gasteiger partial charge in [0.05, 0.1) is 6.42 Å². The number of amides is 2. The van der Waals surface area contributed by atoms with Gasteiger partial charge in [0.1, 0.15) is 12.2 Å². The van der Waals surface area contributed by atoms with E-state index in [1.54, 1.807) is 6.92 Å². The third-order valence-corrected chi connectivity index (χ3v) is 3.51. The van der Waals surface area contributed by atoms with Crippen molar-refractivity contribution in [2.75, 3.05) is 5.75 Å². The zero-order chi connectivity index (χ0) is 14.6. The van der Waals surface area contributed by atoms with Gasteiger partial charge < -0.3 is 15.3 Å². The van der Waals surface area contributed by atoms with E-state index in [0.29, 0.717) is 5.75 Å². The van der Waals surface area contributed by atoms with E-state index in [2.05, 4.69) is 5.32 Å². The number of carboxylic acids is 1. The molecule has 1 saturated heterocycles. The molecule has 2 amide bonds. The van der Waals surface area contributed by atoms with E-state index in [4.69, 9.17) is 5.11 Å². The maximum atomic E-state index is 12.0. The molecule has 1 rings (SSSR count). The predicted octanol–water partition coefficient (Wildman–Crippen LogP) is -0.196.